The van der Waals surface area contributed by atoms with E-state index in [0.29, 0.717) is 5.41 Å². The summed E-state index contributed by atoms with van der Waals surface area (Å²) >= 11 is 0. The Balaban J connectivity index is 2.20. The molecule has 0 amide bonds. The van der Waals surface area contributed by atoms with Gasteiger partial charge in [0.05, 0.1) is 6.20 Å². The van der Waals surface area contributed by atoms with Crippen molar-refractivity contribution in [3.8, 4) is 0 Å². The number of nitrogens with zero attached hydrogens (tertiary/aromatic N) is 1. The molecule has 1 aromatic rings. The first kappa shape index (κ1) is 9.26. The van der Waals surface area contributed by atoms with E-state index < -0.39 is 0 Å². The van der Waals surface area contributed by atoms with Gasteiger partial charge >= 0.3 is 0 Å². The highest BCUT2D eigenvalue weighted by Gasteiger charge is 2.08. The van der Waals surface area contributed by atoms with Gasteiger partial charge in [-0.1, -0.05) is 20.8 Å². The van der Waals surface area contributed by atoms with Crippen molar-refractivity contribution in [3.63, 3.8) is 0 Å². The predicted octanol–water partition coefficient (Wildman–Crippen LogP) is 1.55. The predicted molar refractivity (Wildman–Crippen MR) is 49.7 cm³/mol. The van der Waals surface area contributed by atoms with Gasteiger partial charge in [-0.2, -0.15) is 5.10 Å². The lowest BCUT2D eigenvalue weighted by Crippen LogP contribution is -2.26. The zero-order chi connectivity index (χ0) is 9.03. The van der Waals surface area contributed by atoms with E-state index in [1.165, 1.54) is 5.56 Å². The van der Waals surface area contributed by atoms with Crippen molar-refractivity contribution in [1.82, 2.24) is 15.5 Å². The molecular formula is C9H17N3. The van der Waals surface area contributed by atoms with Crippen molar-refractivity contribution in [1.29, 1.82) is 0 Å². The summed E-state index contributed by atoms with van der Waals surface area (Å²) < 4.78 is 0. The van der Waals surface area contributed by atoms with E-state index >= 15 is 0 Å². The van der Waals surface area contributed by atoms with Crippen molar-refractivity contribution in [2.45, 2.75) is 27.3 Å². The molecule has 0 unspecified atom stereocenters. The van der Waals surface area contributed by atoms with Crippen molar-refractivity contribution in [2.75, 3.05) is 6.54 Å². The molecule has 0 bridgehead atoms. The van der Waals surface area contributed by atoms with E-state index in [9.17, 15) is 0 Å². The normalized spacial score (nSPS) is 11.9. The average molecular weight is 167 g/mol. The van der Waals surface area contributed by atoms with Crippen LogP contribution >= 0.6 is 0 Å². The Hall–Kier alpha value is -0.830. The molecule has 0 aromatic carbocycles. The summed E-state index contributed by atoms with van der Waals surface area (Å²) in [5, 5.41) is 10.0. The lowest BCUT2D eigenvalue weighted by Gasteiger charge is -2.18. The molecule has 3 heteroatoms. The second-order valence-corrected chi connectivity index (χ2v) is 4.27. The molecule has 0 aliphatic carbocycles. The zero-order valence-corrected chi connectivity index (χ0v) is 8.02. The van der Waals surface area contributed by atoms with Crippen LogP contribution in [0, 0.1) is 5.41 Å². The third-order valence-electron chi connectivity index (χ3n) is 1.54. The Bertz CT molecular complexity index is 208. The molecule has 1 aromatic heterocycles. The number of aromatic amines is 1. The molecule has 68 valence electrons. The molecule has 0 radical (unpaired) electrons. The third kappa shape index (κ3) is 3.53. The molecule has 0 fully saturated rings. The van der Waals surface area contributed by atoms with Crippen LogP contribution in [0.3, 0.4) is 0 Å². The van der Waals surface area contributed by atoms with Crippen molar-refractivity contribution < 1.29 is 0 Å². The standard InChI is InChI=1S/C9H17N3/c1-9(2,3)7-10-4-8-5-11-12-6-8/h5-6,10H,4,7H2,1-3H3,(H,11,12). The van der Waals surface area contributed by atoms with Crippen molar-refractivity contribution in [3.05, 3.63) is 18.0 Å². The Morgan fingerprint density at radius 2 is 2.25 bits per heavy atom. The van der Waals surface area contributed by atoms with E-state index in [0.717, 1.165) is 13.1 Å². The fourth-order valence-corrected chi connectivity index (χ4v) is 0.956. The number of nitrogens with one attached hydrogen (secondary N) is 2. The van der Waals surface area contributed by atoms with Gasteiger partial charge in [0.1, 0.15) is 0 Å². The van der Waals surface area contributed by atoms with Gasteiger partial charge in [0.15, 0.2) is 0 Å². The highest BCUT2D eigenvalue weighted by atomic mass is 15.1. The van der Waals surface area contributed by atoms with Crippen molar-refractivity contribution in [2.24, 2.45) is 5.41 Å². The molecule has 1 rings (SSSR count). The molecule has 3 nitrogen and oxygen atoms in total. The lowest BCUT2D eigenvalue weighted by atomic mass is 9.97. The molecule has 0 saturated carbocycles. The van der Waals surface area contributed by atoms with E-state index in [1.807, 2.05) is 12.4 Å². The number of H-pyrrole nitrogens is 1. The first-order valence-corrected chi connectivity index (χ1v) is 4.26. The monoisotopic (exact) mass is 167 g/mol. The topological polar surface area (TPSA) is 40.7 Å². The minimum atomic E-state index is 0.351. The van der Waals surface area contributed by atoms with E-state index in [1.54, 1.807) is 0 Å². The molecule has 0 saturated heterocycles. The van der Waals surface area contributed by atoms with Gasteiger partial charge in [-0.15, -0.1) is 0 Å². The quantitative estimate of drug-likeness (QED) is 0.717. The Labute approximate surface area is 73.6 Å². The summed E-state index contributed by atoms with van der Waals surface area (Å²) in [6.45, 7) is 8.58. The lowest BCUT2D eigenvalue weighted by molar-refractivity contribution is 0.379. The number of hydrogen-bond acceptors (Lipinski definition) is 2. The third-order valence-corrected chi connectivity index (χ3v) is 1.54. The van der Waals surface area contributed by atoms with Gasteiger partial charge in [-0.05, 0) is 5.41 Å². The van der Waals surface area contributed by atoms with Gasteiger partial charge in [0, 0.05) is 24.8 Å². The number of rotatable bonds is 3. The van der Waals surface area contributed by atoms with Crippen molar-refractivity contribution >= 4 is 0 Å². The molecule has 12 heavy (non-hydrogen) atoms. The molecule has 0 spiro atoms. The molecular weight excluding hydrogens is 150 g/mol. The second kappa shape index (κ2) is 3.72. The van der Waals surface area contributed by atoms with Gasteiger partial charge in [-0.3, -0.25) is 5.10 Å². The van der Waals surface area contributed by atoms with Crippen LogP contribution in [0.25, 0.3) is 0 Å². The van der Waals surface area contributed by atoms with E-state index in [-0.39, 0.29) is 0 Å². The fraction of sp³-hybridized carbons (Fsp3) is 0.667. The maximum Gasteiger partial charge on any atom is 0.0532 e. The molecule has 2 N–H and O–H groups in total. The summed E-state index contributed by atoms with van der Waals surface area (Å²) in [6, 6.07) is 0. The fourth-order valence-electron chi connectivity index (χ4n) is 0.956. The minimum absolute atomic E-state index is 0.351. The van der Waals surface area contributed by atoms with Crippen LogP contribution in [0.2, 0.25) is 0 Å². The highest BCUT2D eigenvalue weighted by Crippen LogP contribution is 2.10. The van der Waals surface area contributed by atoms with Gasteiger partial charge in [0.25, 0.3) is 0 Å². The first-order chi connectivity index (χ1) is 5.58. The van der Waals surface area contributed by atoms with Crippen LogP contribution in [-0.2, 0) is 6.54 Å². The van der Waals surface area contributed by atoms with Crippen LogP contribution < -0.4 is 5.32 Å². The number of aromatic nitrogens is 2. The Kier molecular flexibility index (Phi) is 2.87. The zero-order valence-electron chi connectivity index (χ0n) is 8.02. The van der Waals surface area contributed by atoms with Crippen LogP contribution in [-0.4, -0.2) is 16.7 Å². The molecule has 1 heterocycles. The van der Waals surface area contributed by atoms with Crippen LogP contribution in [0.1, 0.15) is 26.3 Å². The summed E-state index contributed by atoms with van der Waals surface area (Å²) in [6.07, 6.45) is 3.76. The van der Waals surface area contributed by atoms with Gasteiger partial charge in [-0.25, -0.2) is 0 Å². The van der Waals surface area contributed by atoms with E-state index in [4.69, 9.17) is 0 Å². The largest absolute Gasteiger partial charge is 0.312 e. The molecule has 0 atom stereocenters. The summed E-state index contributed by atoms with van der Waals surface area (Å²) in [5.74, 6) is 0. The van der Waals surface area contributed by atoms with Crippen LogP contribution in [0.5, 0.6) is 0 Å². The maximum atomic E-state index is 3.87. The van der Waals surface area contributed by atoms with Crippen LogP contribution in [0.4, 0.5) is 0 Å². The summed E-state index contributed by atoms with van der Waals surface area (Å²) in [5.41, 5.74) is 1.56. The molecule has 0 aliphatic rings. The number of hydrogen-bond donors (Lipinski definition) is 2. The Morgan fingerprint density at radius 3 is 2.75 bits per heavy atom. The highest BCUT2D eigenvalue weighted by molar-refractivity contribution is 5.01. The average Bonchev–Trinajstić information content (AvgIpc) is 2.36. The van der Waals surface area contributed by atoms with Gasteiger partial charge in [0.2, 0.25) is 0 Å². The van der Waals surface area contributed by atoms with E-state index in [2.05, 4.69) is 36.3 Å². The Morgan fingerprint density at radius 1 is 1.50 bits per heavy atom. The minimum Gasteiger partial charge on any atom is -0.312 e. The summed E-state index contributed by atoms with van der Waals surface area (Å²) in [7, 11) is 0. The maximum absolute atomic E-state index is 3.87. The summed E-state index contributed by atoms with van der Waals surface area (Å²) in [4.78, 5) is 0. The van der Waals surface area contributed by atoms with Crippen LogP contribution in [0.15, 0.2) is 12.4 Å². The van der Waals surface area contributed by atoms with Gasteiger partial charge < -0.3 is 5.32 Å². The SMILES string of the molecule is CC(C)(C)CNCc1cn[nH]c1. The molecule has 0 aliphatic heterocycles. The second-order valence-electron chi connectivity index (χ2n) is 4.27. The first-order valence-electron chi connectivity index (χ1n) is 4.26. The smallest absolute Gasteiger partial charge is 0.0532 e.